The lowest BCUT2D eigenvalue weighted by Gasteiger charge is -2.15. The van der Waals surface area contributed by atoms with Crippen LogP contribution >= 0.6 is 23.2 Å². The van der Waals surface area contributed by atoms with Crippen molar-refractivity contribution in [3.05, 3.63) is 126 Å². The normalized spacial score (nSPS) is 11.0. The number of ether oxygens (including phenoxy) is 2. The van der Waals surface area contributed by atoms with E-state index in [4.69, 9.17) is 32.7 Å². The second-order valence-corrected chi connectivity index (χ2v) is 10.8. The van der Waals surface area contributed by atoms with Gasteiger partial charge in [0.25, 0.3) is 11.4 Å². The van der Waals surface area contributed by atoms with Gasteiger partial charge >= 0.3 is 11.9 Å². The lowest BCUT2D eigenvalue weighted by Crippen LogP contribution is -2.14. The van der Waals surface area contributed by atoms with Gasteiger partial charge in [0.05, 0.1) is 21.0 Å². The molecule has 0 aliphatic heterocycles. The number of nitro benzene ring substituents is 2. The SMILES string of the molecule is O=C(Oc1ccc(Cl)cc1S(=O)(=O)c1cc(Cl)ccc1OC(=O)c1ccc([N+](=O)[O-])cc1)c1ccc([N+](=O)[O-])cc1. The van der Waals surface area contributed by atoms with Gasteiger partial charge in [-0.3, -0.25) is 20.2 Å². The molecule has 0 radical (unpaired) electrons. The van der Waals surface area contributed by atoms with E-state index in [2.05, 4.69) is 0 Å². The summed E-state index contributed by atoms with van der Waals surface area (Å²) in [6.45, 7) is 0. The summed E-state index contributed by atoms with van der Waals surface area (Å²) in [6.07, 6.45) is 0. The van der Waals surface area contributed by atoms with Gasteiger partial charge in [-0.1, -0.05) is 23.2 Å². The molecular weight excluding hydrogens is 603 g/mol. The van der Waals surface area contributed by atoms with Gasteiger partial charge < -0.3 is 9.47 Å². The molecule has 12 nitrogen and oxygen atoms in total. The third-order valence-electron chi connectivity index (χ3n) is 5.42. The highest BCUT2D eigenvalue weighted by Crippen LogP contribution is 2.38. The smallest absolute Gasteiger partial charge is 0.343 e. The van der Waals surface area contributed by atoms with E-state index >= 15 is 0 Å². The van der Waals surface area contributed by atoms with Gasteiger partial charge in [0.2, 0.25) is 9.84 Å². The number of carbonyl (C=O) groups is 2. The number of halogens is 2. The molecule has 0 aromatic heterocycles. The number of esters is 2. The summed E-state index contributed by atoms with van der Waals surface area (Å²) in [7, 11) is -4.64. The maximum absolute atomic E-state index is 13.8. The topological polar surface area (TPSA) is 173 Å². The highest BCUT2D eigenvalue weighted by atomic mass is 35.5. The molecule has 0 heterocycles. The molecule has 15 heteroatoms. The molecule has 0 bridgehead atoms. The molecule has 0 saturated heterocycles. The first-order chi connectivity index (χ1) is 19.4. The molecule has 0 amide bonds. The number of benzene rings is 4. The fourth-order valence-electron chi connectivity index (χ4n) is 3.43. The monoisotopic (exact) mass is 616 g/mol. The van der Waals surface area contributed by atoms with Crippen LogP contribution in [-0.2, 0) is 9.84 Å². The number of hydrogen-bond acceptors (Lipinski definition) is 10. The first-order valence-electron chi connectivity index (χ1n) is 11.1. The molecule has 0 aliphatic rings. The third kappa shape index (κ3) is 6.49. The maximum atomic E-state index is 13.8. The molecule has 4 aromatic carbocycles. The van der Waals surface area contributed by atoms with E-state index in [1.807, 2.05) is 0 Å². The first-order valence-corrected chi connectivity index (χ1v) is 13.4. The molecule has 208 valence electrons. The van der Waals surface area contributed by atoms with Crippen molar-refractivity contribution in [1.82, 2.24) is 0 Å². The molecule has 0 unspecified atom stereocenters. The zero-order valence-electron chi connectivity index (χ0n) is 20.2. The largest absolute Gasteiger partial charge is 0.422 e. The quantitative estimate of drug-likeness (QED) is 0.0976. The molecule has 0 spiro atoms. The molecule has 0 fully saturated rings. The van der Waals surface area contributed by atoms with E-state index in [1.165, 1.54) is 12.1 Å². The standard InChI is InChI=1S/C26H14Cl2N2O10S/c27-17-5-11-21(39-25(31)15-1-7-19(8-2-15)29(33)34)23(13-17)41(37,38)24-14-18(28)6-12-22(24)40-26(32)16-3-9-20(10-4-16)30(35)36/h1-14H. The molecular formula is C26H14Cl2N2O10S. The minimum absolute atomic E-state index is 0.0369. The van der Waals surface area contributed by atoms with Crippen LogP contribution in [0.2, 0.25) is 10.0 Å². The number of nitro groups is 2. The highest BCUT2D eigenvalue weighted by molar-refractivity contribution is 7.91. The summed E-state index contributed by atoms with van der Waals surface area (Å²) in [4.78, 5) is 44.8. The van der Waals surface area contributed by atoms with E-state index in [1.54, 1.807) is 0 Å². The van der Waals surface area contributed by atoms with Crippen LogP contribution in [0.25, 0.3) is 0 Å². The van der Waals surface area contributed by atoms with Crippen LogP contribution in [0.4, 0.5) is 11.4 Å². The minimum Gasteiger partial charge on any atom is -0.422 e. The molecule has 0 aliphatic carbocycles. The number of rotatable bonds is 8. The minimum atomic E-state index is -4.64. The van der Waals surface area contributed by atoms with E-state index in [9.17, 15) is 38.2 Å². The van der Waals surface area contributed by atoms with Gasteiger partial charge in [0, 0.05) is 34.3 Å². The van der Waals surface area contributed by atoms with Crippen LogP contribution in [-0.4, -0.2) is 30.2 Å². The van der Waals surface area contributed by atoms with Gasteiger partial charge in [0.15, 0.2) is 0 Å². The number of non-ortho nitro benzene ring substituents is 2. The van der Waals surface area contributed by atoms with Gasteiger partial charge in [-0.25, -0.2) is 18.0 Å². The van der Waals surface area contributed by atoms with Crippen molar-refractivity contribution in [2.45, 2.75) is 9.79 Å². The number of carbonyl (C=O) groups excluding carboxylic acids is 2. The Kier molecular flexibility index (Phi) is 8.33. The molecule has 0 atom stereocenters. The predicted molar refractivity (Wildman–Crippen MR) is 144 cm³/mol. The Morgan fingerprint density at radius 1 is 0.610 bits per heavy atom. The summed E-state index contributed by atoms with van der Waals surface area (Å²) >= 11 is 12.1. The Hall–Kier alpha value is -4.85. The Morgan fingerprint density at radius 3 is 1.27 bits per heavy atom. The second-order valence-electron chi connectivity index (χ2n) is 8.07. The lowest BCUT2D eigenvalue weighted by molar-refractivity contribution is -0.385. The van der Waals surface area contributed by atoms with Crippen molar-refractivity contribution >= 4 is 56.4 Å². The van der Waals surface area contributed by atoms with Crippen LogP contribution in [0, 0.1) is 20.2 Å². The zero-order chi connectivity index (χ0) is 29.9. The van der Waals surface area contributed by atoms with Crippen LogP contribution in [0.15, 0.2) is 94.7 Å². The van der Waals surface area contributed by atoms with Crippen LogP contribution < -0.4 is 9.47 Å². The molecule has 0 N–H and O–H groups in total. The van der Waals surface area contributed by atoms with Crippen LogP contribution in [0.3, 0.4) is 0 Å². The Morgan fingerprint density at radius 2 is 0.951 bits per heavy atom. The predicted octanol–water partition coefficient (Wildman–Crippen LogP) is 6.08. The summed E-state index contributed by atoms with van der Waals surface area (Å²) in [5.74, 6) is -2.92. The fraction of sp³-hybridized carbons (Fsp3) is 0. The third-order valence-corrected chi connectivity index (χ3v) is 7.69. The van der Waals surface area contributed by atoms with Crippen molar-refractivity contribution in [3.63, 3.8) is 0 Å². The second kappa shape index (κ2) is 11.7. The van der Waals surface area contributed by atoms with Crippen molar-refractivity contribution in [1.29, 1.82) is 0 Å². The van der Waals surface area contributed by atoms with Crippen LogP contribution in [0.5, 0.6) is 11.5 Å². The van der Waals surface area contributed by atoms with Gasteiger partial charge in [-0.2, -0.15) is 0 Å². The molecule has 4 aromatic rings. The van der Waals surface area contributed by atoms with E-state index in [-0.39, 0.29) is 32.5 Å². The van der Waals surface area contributed by atoms with E-state index in [0.29, 0.717) is 0 Å². The lowest BCUT2D eigenvalue weighted by atomic mass is 10.2. The Balaban J connectivity index is 1.70. The van der Waals surface area contributed by atoms with E-state index < -0.39 is 52.9 Å². The van der Waals surface area contributed by atoms with Crippen molar-refractivity contribution in [2.24, 2.45) is 0 Å². The fourth-order valence-corrected chi connectivity index (χ4v) is 5.45. The average Bonchev–Trinajstić information content (AvgIpc) is 2.94. The molecule has 4 rings (SSSR count). The van der Waals surface area contributed by atoms with Gasteiger partial charge in [-0.15, -0.1) is 0 Å². The van der Waals surface area contributed by atoms with Crippen molar-refractivity contribution < 1.29 is 37.3 Å². The van der Waals surface area contributed by atoms with Crippen molar-refractivity contribution in [3.8, 4) is 11.5 Å². The zero-order valence-corrected chi connectivity index (χ0v) is 22.6. The number of sulfone groups is 1. The summed E-state index contributed by atoms with van der Waals surface area (Å²) in [6, 6.07) is 15.7. The number of nitrogens with zero attached hydrogens (tertiary/aromatic N) is 2. The Labute approximate surface area is 240 Å². The highest BCUT2D eigenvalue weighted by Gasteiger charge is 2.29. The van der Waals surface area contributed by atoms with Gasteiger partial charge in [0.1, 0.15) is 21.3 Å². The number of hydrogen-bond donors (Lipinski definition) is 0. The maximum Gasteiger partial charge on any atom is 0.343 e. The molecule has 0 saturated carbocycles. The first kappa shape index (κ1) is 29.1. The van der Waals surface area contributed by atoms with E-state index in [0.717, 1.165) is 72.8 Å². The average molecular weight is 617 g/mol. The van der Waals surface area contributed by atoms with Gasteiger partial charge in [-0.05, 0) is 60.7 Å². The Bertz CT molecular complexity index is 1680. The summed E-state index contributed by atoms with van der Waals surface area (Å²) in [5, 5.41) is 21.7. The summed E-state index contributed by atoms with van der Waals surface area (Å²) in [5.41, 5.74) is -0.745. The summed E-state index contributed by atoms with van der Waals surface area (Å²) < 4.78 is 38.2. The van der Waals surface area contributed by atoms with Crippen LogP contribution in [0.1, 0.15) is 20.7 Å². The molecule has 41 heavy (non-hydrogen) atoms. The van der Waals surface area contributed by atoms with Crippen molar-refractivity contribution in [2.75, 3.05) is 0 Å².